The molecule has 1 aliphatic carbocycles. The third kappa shape index (κ3) is 3.74. The third-order valence-corrected chi connectivity index (χ3v) is 4.85. The molecule has 3 N–H and O–H groups in total. The summed E-state index contributed by atoms with van der Waals surface area (Å²) in [7, 11) is -3.24. The van der Waals surface area contributed by atoms with Crippen molar-refractivity contribution in [2.45, 2.75) is 42.2 Å². The van der Waals surface area contributed by atoms with Crippen molar-refractivity contribution in [2.24, 2.45) is 5.73 Å². The molecule has 2 atom stereocenters. The maximum Gasteiger partial charge on any atom is 0.323 e. The molecule has 0 spiro atoms. The summed E-state index contributed by atoms with van der Waals surface area (Å²) < 4.78 is 28.5. The lowest BCUT2D eigenvalue weighted by molar-refractivity contribution is -0.145. The molecule has 0 aliphatic heterocycles. The second-order valence-electron chi connectivity index (χ2n) is 5.54. The zero-order valence-corrected chi connectivity index (χ0v) is 12.6. The number of rotatable bonds is 4. The summed E-state index contributed by atoms with van der Waals surface area (Å²) in [5, 5.41) is 9.16. The SMILES string of the molecule is CS(=O)(=O)c1ccc(OC2CCCC(N)(C(=O)O)C2)cc1. The number of hydrogen-bond acceptors (Lipinski definition) is 5. The summed E-state index contributed by atoms with van der Waals surface area (Å²) in [4.78, 5) is 11.4. The summed E-state index contributed by atoms with van der Waals surface area (Å²) in [5.41, 5.74) is 4.63. The van der Waals surface area contributed by atoms with E-state index in [2.05, 4.69) is 0 Å². The van der Waals surface area contributed by atoms with Gasteiger partial charge in [0.2, 0.25) is 0 Å². The molecule has 1 aliphatic rings. The molecule has 116 valence electrons. The average molecular weight is 313 g/mol. The monoisotopic (exact) mass is 313 g/mol. The van der Waals surface area contributed by atoms with Crippen molar-refractivity contribution in [2.75, 3.05) is 6.26 Å². The Balaban J connectivity index is 2.06. The molecule has 21 heavy (non-hydrogen) atoms. The molecule has 0 heterocycles. The number of carbonyl (C=O) groups is 1. The molecule has 0 amide bonds. The van der Waals surface area contributed by atoms with Gasteiger partial charge in [-0.3, -0.25) is 4.79 Å². The van der Waals surface area contributed by atoms with Crippen molar-refractivity contribution in [1.82, 2.24) is 0 Å². The van der Waals surface area contributed by atoms with Crippen LogP contribution in [0, 0.1) is 0 Å². The summed E-state index contributed by atoms with van der Waals surface area (Å²) in [6, 6.07) is 6.09. The van der Waals surface area contributed by atoms with Gasteiger partial charge in [0.05, 0.1) is 4.90 Å². The molecule has 6 nitrogen and oxygen atoms in total. The Morgan fingerprint density at radius 3 is 2.52 bits per heavy atom. The van der Waals surface area contributed by atoms with Gasteiger partial charge in [-0.05, 0) is 43.5 Å². The molecule has 1 saturated carbocycles. The van der Waals surface area contributed by atoms with Gasteiger partial charge in [0.25, 0.3) is 0 Å². The lowest BCUT2D eigenvalue weighted by Crippen LogP contribution is -2.53. The van der Waals surface area contributed by atoms with Gasteiger partial charge < -0.3 is 15.6 Å². The third-order valence-electron chi connectivity index (χ3n) is 3.72. The Labute approximate surface area is 123 Å². The predicted molar refractivity (Wildman–Crippen MR) is 77.0 cm³/mol. The van der Waals surface area contributed by atoms with Crippen molar-refractivity contribution in [1.29, 1.82) is 0 Å². The zero-order chi connectivity index (χ0) is 15.7. The van der Waals surface area contributed by atoms with Crippen LogP contribution in [0.5, 0.6) is 5.75 Å². The minimum absolute atomic E-state index is 0.220. The van der Waals surface area contributed by atoms with Crippen molar-refractivity contribution in [3.05, 3.63) is 24.3 Å². The van der Waals surface area contributed by atoms with Crippen LogP contribution in [0.15, 0.2) is 29.2 Å². The lowest BCUT2D eigenvalue weighted by Gasteiger charge is -2.34. The van der Waals surface area contributed by atoms with Gasteiger partial charge in [-0.15, -0.1) is 0 Å². The predicted octanol–water partition coefficient (Wildman–Crippen LogP) is 1.19. The Morgan fingerprint density at radius 2 is 2.00 bits per heavy atom. The van der Waals surface area contributed by atoms with Crippen molar-refractivity contribution >= 4 is 15.8 Å². The highest BCUT2D eigenvalue weighted by Gasteiger charge is 2.40. The molecule has 0 radical (unpaired) electrons. The first-order chi connectivity index (χ1) is 9.71. The van der Waals surface area contributed by atoms with Gasteiger partial charge in [-0.2, -0.15) is 0 Å². The van der Waals surface area contributed by atoms with E-state index < -0.39 is 21.3 Å². The van der Waals surface area contributed by atoms with Crippen LogP contribution in [0.2, 0.25) is 0 Å². The number of nitrogens with two attached hydrogens (primary N) is 1. The number of sulfone groups is 1. The van der Waals surface area contributed by atoms with E-state index in [4.69, 9.17) is 15.6 Å². The normalized spacial score (nSPS) is 26.3. The molecule has 1 fully saturated rings. The van der Waals surface area contributed by atoms with E-state index in [1.807, 2.05) is 0 Å². The molecule has 1 aromatic carbocycles. The van der Waals surface area contributed by atoms with E-state index in [9.17, 15) is 13.2 Å². The van der Waals surface area contributed by atoms with Gasteiger partial charge in [0, 0.05) is 12.7 Å². The summed E-state index contributed by atoms with van der Waals surface area (Å²) in [6.45, 7) is 0. The molecule has 0 saturated heterocycles. The van der Waals surface area contributed by atoms with Gasteiger partial charge in [-0.25, -0.2) is 8.42 Å². The minimum atomic E-state index is -3.24. The average Bonchev–Trinajstić information content (AvgIpc) is 2.38. The van der Waals surface area contributed by atoms with E-state index in [1.54, 1.807) is 12.1 Å². The smallest absolute Gasteiger partial charge is 0.323 e. The fourth-order valence-electron chi connectivity index (χ4n) is 2.51. The largest absolute Gasteiger partial charge is 0.490 e. The van der Waals surface area contributed by atoms with Gasteiger partial charge in [0.1, 0.15) is 17.4 Å². The summed E-state index contributed by atoms with van der Waals surface area (Å²) in [5.74, 6) is -0.495. The lowest BCUT2D eigenvalue weighted by atomic mass is 9.81. The maximum absolute atomic E-state index is 11.4. The van der Waals surface area contributed by atoms with E-state index >= 15 is 0 Å². The molecule has 0 bridgehead atoms. The molecular formula is C14H19NO5S. The van der Waals surface area contributed by atoms with Crippen LogP contribution in [0.25, 0.3) is 0 Å². The van der Waals surface area contributed by atoms with E-state index in [0.29, 0.717) is 18.6 Å². The van der Waals surface area contributed by atoms with Crippen LogP contribution in [-0.2, 0) is 14.6 Å². The number of ether oxygens (including phenoxy) is 1. The fourth-order valence-corrected chi connectivity index (χ4v) is 3.14. The number of benzene rings is 1. The van der Waals surface area contributed by atoms with Crippen molar-refractivity contribution in [3.63, 3.8) is 0 Å². The first-order valence-electron chi connectivity index (χ1n) is 6.70. The topological polar surface area (TPSA) is 107 Å². The first-order valence-corrected chi connectivity index (χ1v) is 8.59. The number of hydrogen-bond donors (Lipinski definition) is 2. The molecular weight excluding hydrogens is 294 g/mol. The second kappa shape index (κ2) is 5.65. The van der Waals surface area contributed by atoms with Gasteiger partial charge >= 0.3 is 5.97 Å². The Kier molecular flexibility index (Phi) is 4.25. The van der Waals surface area contributed by atoms with Crippen LogP contribution in [0.4, 0.5) is 0 Å². The molecule has 0 aromatic heterocycles. The molecule has 7 heteroatoms. The van der Waals surface area contributed by atoms with E-state index in [0.717, 1.165) is 12.7 Å². The summed E-state index contributed by atoms with van der Waals surface area (Å²) in [6.07, 6.45) is 2.98. The highest BCUT2D eigenvalue weighted by molar-refractivity contribution is 7.90. The Hall–Kier alpha value is -1.60. The van der Waals surface area contributed by atoms with E-state index in [-0.39, 0.29) is 17.4 Å². The summed E-state index contributed by atoms with van der Waals surface area (Å²) >= 11 is 0. The molecule has 2 unspecified atom stereocenters. The molecule has 2 rings (SSSR count). The number of aliphatic carboxylic acids is 1. The second-order valence-corrected chi connectivity index (χ2v) is 7.56. The molecule has 1 aromatic rings. The highest BCUT2D eigenvalue weighted by Crippen LogP contribution is 2.30. The zero-order valence-electron chi connectivity index (χ0n) is 11.8. The van der Waals surface area contributed by atoms with Crippen LogP contribution in [0.3, 0.4) is 0 Å². The fraction of sp³-hybridized carbons (Fsp3) is 0.500. The first kappa shape index (κ1) is 15.8. The van der Waals surface area contributed by atoms with Crippen LogP contribution in [-0.4, -0.2) is 37.4 Å². The number of carboxylic acids is 1. The highest BCUT2D eigenvalue weighted by atomic mass is 32.2. The van der Waals surface area contributed by atoms with Crippen LogP contribution < -0.4 is 10.5 Å². The minimum Gasteiger partial charge on any atom is -0.490 e. The Morgan fingerprint density at radius 1 is 1.38 bits per heavy atom. The standard InChI is InChI=1S/C14H19NO5S/c1-21(18,19)12-6-4-10(5-7-12)20-11-3-2-8-14(15,9-11)13(16)17/h4-7,11H,2-3,8-9,15H2,1H3,(H,16,17). The Bertz CT molecular complexity index is 625. The van der Waals surface area contributed by atoms with Crippen LogP contribution in [0.1, 0.15) is 25.7 Å². The van der Waals surface area contributed by atoms with Gasteiger partial charge in [0.15, 0.2) is 9.84 Å². The van der Waals surface area contributed by atoms with E-state index in [1.165, 1.54) is 12.1 Å². The maximum atomic E-state index is 11.4. The van der Waals surface area contributed by atoms with Crippen molar-refractivity contribution in [3.8, 4) is 5.75 Å². The number of carboxylic acid groups (broad SMARTS) is 1. The van der Waals surface area contributed by atoms with Crippen molar-refractivity contribution < 1.29 is 23.1 Å². The van der Waals surface area contributed by atoms with Gasteiger partial charge in [-0.1, -0.05) is 0 Å². The van der Waals surface area contributed by atoms with Crippen LogP contribution >= 0.6 is 0 Å². The quantitative estimate of drug-likeness (QED) is 0.865.